The lowest BCUT2D eigenvalue weighted by atomic mass is 10.1. The van der Waals surface area contributed by atoms with E-state index in [0.717, 1.165) is 6.07 Å². The normalized spacial score (nSPS) is 12.3. The van der Waals surface area contributed by atoms with E-state index < -0.39 is 11.7 Å². The molecule has 0 saturated carbocycles. The van der Waals surface area contributed by atoms with Crippen LogP contribution in [0.5, 0.6) is 0 Å². The van der Waals surface area contributed by atoms with Crippen molar-refractivity contribution in [3.63, 3.8) is 0 Å². The summed E-state index contributed by atoms with van der Waals surface area (Å²) >= 11 is 2.87. The molecular weight excluding hydrogens is 285 g/mol. The molecule has 0 unspecified atom stereocenters. The third-order valence-electron chi connectivity index (χ3n) is 1.82. The molecule has 0 amide bonds. The van der Waals surface area contributed by atoms with Crippen LogP contribution in [-0.4, -0.2) is 6.61 Å². The van der Waals surface area contributed by atoms with E-state index in [0.29, 0.717) is 5.56 Å². The largest absolute Gasteiger partial charge is 0.417 e. The molecule has 0 aromatic heterocycles. The molecule has 0 aliphatic heterocycles. The van der Waals surface area contributed by atoms with Gasteiger partial charge in [0.25, 0.3) is 0 Å². The van der Waals surface area contributed by atoms with Crippen molar-refractivity contribution in [2.45, 2.75) is 6.18 Å². The molecule has 1 rings (SSSR count). The second-order valence-corrected chi connectivity index (χ2v) is 3.86. The minimum absolute atomic E-state index is 0.0329. The maximum absolute atomic E-state index is 12.5. The molecular formula is C11H9BrF3O. The van der Waals surface area contributed by atoms with Crippen molar-refractivity contribution in [1.29, 1.82) is 0 Å². The third kappa shape index (κ3) is 3.64. The SMILES string of the molecule is [CH2]OCC=Cc1ccc(Br)c(C(F)(F)F)c1. The van der Waals surface area contributed by atoms with Gasteiger partial charge in [-0.3, -0.25) is 0 Å². The minimum atomic E-state index is -4.36. The summed E-state index contributed by atoms with van der Waals surface area (Å²) in [5.74, 6) is 0. The molecule has 1 aromatic rings. The van der Waals surface area contributed by atoms with Crippen LogP contribution in [0.25, 0.3) is 6.08 Å². The zero-order valence-corrected chi connectivity index (χ0v) is 9.81. The first-order valence-corrected chi connectivity index (χ1v) is 5.14. The summed E-state index contributed by atoms with van der Waals surface area (Å²) in [5.41, 5.74) is -0.224. The van der Waals surface area contributed by atoms with Crippen molar-refractivity contribution >= 4 is 22.0 Å². The van der Waals surface area contributed by atoms with Gasteiger partial charge in [0.15, 0.2) is 0 Å². The Morgan fingerprint density at radius 3 is 2.62 bits per heavy atom. The third-order valence-corrected chi connectivity index (χ3v) is 2.51. The van der Waals surface area contributed by atoms with E-state index >= 15 is 0 Å². The van der Waals surface area contributed by atoms with Crippen LogP contribution in [0.4, 0.5) is 13.2 Å². The van der Waals surface area contributed by atoms with Gasteiger partial charge in [0.05, 0.1) is 19.3 Å². The highest BCUT2D eigenvalue weighted by molar-refractivity contribution is 9.10. The lowest BCUT2D eigenvalue weighted by molar-refractivity contribution is -0.138. The van der Waals surface area contributed by atoms with Gasteiger partial charge >= 0.3 is 6.18 Å². The summed E-state index contributed by atoms with van der Waals surface area (Å²) in [5, 5.41) is 0. The first-order chi connectivity index (χ1) is 7.45. The van der Waals surface area contributed by atoms with Gasteiger partial charge in [-0.1, -0.05) is 34.1 Å². The zero-order valence-electron chi connectivity index (χ0n) is 8.22. The summed E-state index contributed by atoms with van der Waals surface area (Å²) in [4.78, 5) is 0. The van der Waals surface area contributed by atoms with Gasteiger partial charge in [-0.05, 0) is 17.7 Å². The molecule has 0 spiro atoms. The Hall–Kier alpha value is -0.810. The summed E-state index contributed by atoms with van der Waals surface area (Å²) in [6.45, 7) is 0.261. The van der Waals surface area contributed by atoms with E-state index in [1.807, 2.05) is 0 Å². The maximum atomic E-state index is 12.5. The van der Waals surface area contributed by atoms with E-state index in [1.54, 1.807) is 18.2 Å². The monoisotopic (exact) mass is 293 g/mol. The van der Waals surface area contributed by atoms with Crippen LogP contribution in [0.15, 0.2) is 28.7 Å². The fraction of sp³-hybridized carbons (Fsp3) is 0.182. The molecule has 0 fully saturated rings. The van der Waals surface area contributed by atoms with E-state index in [2.05, 4.69) is 27.8 Å². The van der Waals surface area contributed by atoms with Crippen molar-refractivity contribution in [1.82, 2.24) is 0 Å². The second-order valence-electron chi connectivity index (χ2n) is 3.01. The van der Waals surface area contributed by atoms with Gasteiger partial charge in [0.2, 0.25) is 0 Å². The number of hydrogen-bond donors (Lipinski definition) is 0. The second kappa shape index (κ2) is 5.50. The first-order valence-electron chi connectivity index (χ1n) is 4.35. The lowest BCUT2D eigenvalue weighted by Crippen LogP contribution is -2.06. The summed E-state index contributed by atoms with van der Waals surface area (Å²) in [7, 11) is 3.15. The molecule has 0 aliphatic carbocycles. The Kier molecular flexibility index (Phi) is 4.56. The van der Waals surface area contributed by atoms with Crippen molar-refractivity contribution in [2.24, 2.45) is 0 Å². The van der Waals surface area contributed by atoms with Crippen molar-refractivity contribution < 1.29 is 17.9 Å². The fourth-order valence-corrected chi connectivity index (χ4v) is 1.59. The van der Waals surface area contributed by atoms with Crippen LogP contribution < -0.4 is 0 Å². The quantitative estimate of drug-likeness (QED) is 0.808. The number of rotatable bonds is 3. The standard InChI is InChI=1S/C11H9BrF3O/c1-16-6-2-3-8-4-5-10(12)9(7-8)11(13,14)15/h2-5,7H,1,6H2. The Balaban J connectivity index is 2.99. The van der Waals surface area contributed by atoms with Crippen molar-refractivity contribution in [2.75, 3.05) is 6.61 Å². The van der Waals surface area contributed by atoms with Crippen LogP contribution in [0, 0.1) is 7.11 Å². The molecule has 1 radical (unpaired) electrons. The number of halogens is 4. The van der Waals surface area contributed by atoms with Gasteiger partial charge in [-0.15, -0.1) is 0 Å². The predicted octanol–water partition coefficient (Wildman–Crippen LogP) is 4.29. The molecule has 1 aromatic carbocycles. The van der Waals surface area contributed by atoms with Crippen LogP contribution >= 0.6 is 15.9 Å². The molecule has 0 saturated heterocycles. The number of benzene rings is 1. The summed E-state index contributed by atoms with van der Waals surface area (Å²) < 4.78 is 42.1. The Labute approximate surface area is 100 Å². The minimum Gasteiger partial charge on any atom is -0.375 e. The Morgan fingerprint density at radius 2 is 2.06 bits per heavy atom. The van der Waals surface area contributed by atoms with Crippen LogP contribution in [0.1, 0.15) is 11.1 Å². The van der Waals surface area contributed by atoms with Gasteiger partial charge < -0.3 is 4.74 Å². The lowest BCUT2D eigenvalue weighted by Gasteiger charge is -2.09. The molecule has 0 heterocycles. The Morgan fingerprint density at radius 1 is 1.38 bits per heavy atom. The molecule has 5 heteroatoms. The van der Waals surface area contributed by atoms with E-state index in [-0.39, 0.29) is 11.1 Å². The highest BCUT2D eigenvalue weighted by atomic mass is 79.9. The number of hydrogen-bond acceptors (Lipinski definition) is 1. The van der Waals surface area contributed by atoms with Crippen molar-refractivity contribution in [3.8, 4) is 0 Å². The zero-order chi connectivity index (χ0) is 12.2. The number of ether oxygens (including phenoxy) is 1. The van der Waals surface area contributed by atoms with Gasteiger partial charge in [0, 0.05) is 4.47 Å². The fourth-order valence-electron chi connectivity index (χ4n) is 1.12. The maximum Gasteiger partial charge on any atom is 0.417 e. The van der Waals surface area contributed by atoms with Crippen molar-refractivity contribution in [3.05, 3.63) is 47.0 Å². The van der Waals surface area contributed by atoms with Crippen LogP contribution in [-0.2, 0) is 10.9 Å². The molecule has 87 valence electrons. The average molecular weight is 294 g/mol. The Bertz CT molecular complexity index is 385. The summed E-state index contributed by atoms with van der Waals surface area (Å²) in [6.07, 6.45) is -1.21. The average Bonchev–Trinajstić information content (AvgIpc) is 2.19. The molecule has 16 heavy (non-hydrogen) atoms. The highest BCUT2D eigenvalue weighted by Gasteiger charge is 2.32. The van der Waals surface area contributed by atoms with E-state index in [4.69, 9.17) is 0 Å². The molecule has 1 nitrogen and oxygen atoms in total. The van der Waals surface area contributed by atoms with Gasteiger partial charge in [0.1, 0.15) is 0 Å². The van der Waals surface area contributed by atoms with E-state index in [1.165, 1.54) is 6.07 Å². The van der Waals surface area contributed by atoms with Gasteiger partial charge in [-0.2, -0.15) is 13.2 Å². The predicted molar refractivity (Wildman–Crippen MR) is 59.5 cm³/mol. The molecule has 0 atom stereocenters. The molecule has 0 N–H and O–H groups in total. The smallest absolute Gasteiger partial charge is 0.375 e. The van der Waals surface area contributed by atoms with Gasteiger partial charge in [-0.25, -0.2) is 0 Å². The highest BCUT2D eigenvalue weighted by Crippen LogP contribution is 2.35. The molecule has 0 aliphatic rings. The van der Waals surface area contributed by atoms with Crippen LogP contribution in [0.2, 0.25) is 0 Å². The first kappa shape index (κ1) is 13.3. The topological polar surface area (TPSA) is 9.23 Å². The van der Waals surface area contributed by atoms with Crippen LogP contribution in [0.3, 0.4) is 0 Å². The summed E-state index contributed by atoms with van der Waals surface area (Å²) in [6, 6.07) is 4.02. The number of alkyl halides is 3. The van der Waals surface area contributed by atoms with E-state index in [9.17, 15) is 13.2 Å². The molecule has 0 bridgehead atoms.